The van der Waals surface area contributed by atoms with E-state index in [9.17, 15) is 18.4 Å². The number of hydrogen-bond donors (Lipinski definition) is 1. The number of allylic oxidation sites excluding steroid dienone is 1. The molecule has 1 amide bonds. The van der Waals surface area contributed by atoms with E-state index in [1.54, 1.807) is 24.3 Å². The van der Waals surface area contributed by atoms with Gasteiger partial charge in [-0.2, -0.15) is 0 Å². The van der Waals surface area contributed by atoms with E-state index in [2.05, 4.69) is 5.32 Å². The van der Waals surface area contributed by atoms with Gasteiger partial charge in [0.2, 0.25) is 0 Å². The minimum atomic E-state index is -0.618. The number of halogens is 2. The van der Waals surface area contributed by atoms with E-state index >= 15 is 0 Å². The van der Waals surface area contributed by atoms with E-state index in [1.807, 2.05) is 25.7 Å². The highest BCUT2D eigenvalue weighted by molar-refractivity contribution is 6.21. The van der Waals surface area contributed by atoms with Crippen molar-refractivity contribution in [3.8, 4) is 0 Å². The van der Waals surface area contributed by atoms with Gasteiger partial charge in [0.1, 0.15) is 17.4 Å². The van der Waals surface area contributed by atoms with Gasteiger partial charge in [0.25, 0.3) is 5.91 Å². The summed E-state index contributed by atoms with van der Waals surface area (Å²) in [6.45, 7) is 6.21. The molecule has 0 bridgehead atoms. The topological polar surface area (TPSA) is 49.4 Å². The highest BCUT2D eigenvalue weighted by Crippen LogP contribution is 2.39. The molecule has 1 aliphatic heterocycles. The molecule has 1 aliphatic carbocycles. The largest absolute Gasteiger partial charge is 0.367 e. The second-order valence-corrected chi connectivity index (χ2v) is 8.23. The van der Waals surface area contributed by atoms with Gasteiger partial charge in [0.15, 0.2) is 0 Å². The van der Waals surface area contributed by atoms with E-state index in [1.165, 1.54) is 18.2 Å². The molecule has 6 heteroatoms. The first-order valence-electron chi connectivity index (χ1n) is 10.1. The van der Waals surface area contributed by atoms with E-state index in [0.29, 0.717) is 35.2 Å². The fraction of sp³-hybridized carbons (Fsp3) is 0.333. The number of nitrogens with one attached hydrogen (secondary N) is 1. The Morgan fingerprint density at radius 3 is 2.50 bits per heavy atom. The van der Waals surface area contributed by atoms with Crippen LogP contribution >= 0.6 is 0 Å². The summed E-state index contributed by atoms with van der Waals surface area (Å²) >= 11 is 0. The molecule has 1 heterocycles. The third-order valence-corrected chi connectivity index (χ3v) is 5.93. The lowest BCUT2D eigenvalue weighted by Crippen LogP contribution is -2.38. The molecule has 1 fully saturated rings. The Morgan fingerprint density at radius 1 is 1.17 bits per heavy atom. The Hall–Kier alpha value is -3.02. The van der Waals surface area contributed by atoms with Gasteiger partial charge in [0, 0.05) is 36.2 Å². The first-order valence-corrected chi connectivity index (χ1v) is 10.1. The summed E-state index contributed by atoms with van der Waals surface area (Å²) in [5.74, 6) is -1.50. The summed E-state index contributed by atoms with van der Waals surface area (Å²) in [5.41, 5.74) is 2.72. The Bertz CT molecular complexity index is 1060. The molecule has 156 valence electrons. The maximum atomic E-state index is 14.6. The number of carbonyl (C=O) groups excluding carboxylic acids is 2. The maximum absolute atomic E-state index is 14.6. The molecular formula is C24H24F2N2O2. The molecule has 0 saturated heterocycles. The molecule has 1 saturated carbocycles. The lowest BCUT2D eigenvalue weighted by atomic mass is 9.91. The van der Waals surface area contributed by atoms with Crippen molar-refractivity contribution in [1.29, 1.82) is 0 Å². The van der Waals surface area contributed by atoms with Crippen molar-refractivity contribution < 1.29 is 18.4 Å². The van der Waals surface area contributed by atoms with Crippen molar-refractivity contribution in [1.82, 2.24) is 10.2 Å². The molecule has 2 aromatic carbocycles. The predicted octanol–water partition coefficient (Wildman–Crippen LogP) is 4.37. The summed E-state index contributed by atoms with van der Waals surface area (Å²) in [5, 5.41) is 2.94. The minimum Gasteiger partial charge on any atom is -0.367 e. The van der Waals surface area contributed by atoms with Crippen LogP contribution in [0.5, 0.6) is 0 Å². The quantitative estimate of drug-likeness (QED) is 0.797. The van der Waals surface area contributed by atoms with Crippen LogP contribution in [0.3, 0.4) is 0 Å². The molecule has 1 unspecified atom stereocenters. The normalized spacial score (nSPS) is 19.1. The van der Waals surface area contributed by atoms with Crippen LogP contribution in [0, 0.1) is 17.6 Å². The van der Waals surface area contributed by atoms with Gasteiger partial charge >= 0.3 is 0 Å². The third kappa shape index (κ3) is 3.62. The molecular weight excluding hydrogens is 386 g/mol. The van der Waals surface area contributed by atoms with Crippen LogP contribution in [0.15, 0.2) is 48.2 Å². The highest BCUT2D eigenvalue weighted by atomic mass is 19.1. The maximum Gasteiger partial charge on any atom is 0.254 e. The Balaban J connectivity index is 1.74. The Kier molecular flexibility index (Phi) is 5.18. The predicted molar refractivity (Wildman–Crippen MR) is 110 cm³/mol. The summed E-state index contributed by atoms with van der Waals surface area (Å²) < 4.78 is 28.4. The zero-order valence-electron chi connectivity index (χ0n) is 17.2. The first-order chi connectivity index (χ1) is 14.3. The van der Waals surface area contributed by atoms with Gasteiger partial charge in [-0.05, 0) is 50.1 Å². The Labute approximate surface area is 174 Å². The number of carbonyl (C=O) groups is 2. The number of nitrogens with zero attached hydrogens (tertiary/aromatic N) is 1. The minimum absolute atomic E-state index is 0.0363. The van der Waals surface area contributed by atoms with Gasteiger partial charge in [-0.15, -0.1) is 0 Å². The SMILES string of the molecule is CC1=C(C(=O)N[C@H](c2cccc(F)c2)C2CC2=O)c2cccc(F)c2CN1C(C)C. The van der Waals surface area contributed by atoms with Crippen molar-refractivity contribution in [3.63, 3.8) is 0 Å². The van der Waals surface area contributed by atoms with Crippen LogP contribution in [0.4, 0.5) is 8.78 Å². The number of ketones is 1. The van der Waals surface area contributed by atoms with Gasteiger partial charge in [-0.3, -0.25) is 9.59 Å². The van der Waals surface area contributed by atoms with Crippen LogP contribution in [-0.2, 0) is 16.1 Å². The molecule has 4 rings (SSSR count). The van der Waals surface area contributed by atoms with Gasteiger partial charge in [0.05, 0.1) is 11.6 Å². The average molecular weight is 410 g/mol. The molecule has 1 N–H and O–H groups in total. The average Bonchev–Trinajstić information content (AvgIpc) is 3.41. The number of rotatable bonds is 5. The molecule has 2 aliphatic rings. The molecule has 2 atom stereocenters. The fourth-order valence-electron chi connectivity index (χ4n) is 4.23. The monoisotopic (exact) mass is 410 g/mol. The van der Waals surface area contributed by atoms with Gasteiger partial charge in [-0.1, -0.05) is 24.3 Å². The van der Waals surface area contributed by atoms with E-state index in [-0.39, 0.29) is 23.6 Å². The zero-order valence-corrected chi connectivity index (χ0v) is 17.2. The lowest BCUT2D eigenvalue weighted by Gasteiger charge is -2.36. The van der Waals surface area contributed by atoms with E-state index in [0.717, 1.165) is 5.70 Å². The number of amides is 1. The zero-order chi connectivity index (χ0) is 21.6. The molecule has 0 radical (unpaired) electrons. The van der Waals surface area contributed by atoms with Crippen molar-refractivity contribution in [2.24, 2.45) is 5.92 Å². The van der Waals surface area contributed by atoms with Gasteiger partial charge in [-0.25, -0.2) is 8.78 Å². The van der Waals surface area contributed by atoms with Crippen molar-refractivity contribution >= 4 is 17.3 Å². The number of fused-ring (bicyclic) bond motifs is 1. The third-order valence-electron chi connectivity index (χ3n) is 5.93. The molecule has 30 heavy (non-hydrogen) atoms. The highest BCUT2D eigenvalue weighted by Gasteiger charge is 2.44. The summed E-state index contributed by atoms with van der Waals surface area (Å²) in [6, 6.07) is 10.1. The number of benzene rings is 2. The number of Topliss-reactive ketones (excluding diaryl/α,β-unsaturated/α-hetero) is 1. The standard InChI is InChI=1S/C24H24F2N2O2/c1-13(2)28-12-19-17(8-5-9-20(19)26)22(14(28)3)24(30)27-23(18-11-21(18)29)15-6-4-7-16(25)10-15/h4-10,13,18,23H,11-12H2,1-3H3,(H,27,30)/t18?,23-/m1/s1. The van der Waals surface area contributed by atoms with E-state index < -0.39 is 17.8 Å². The second kappa shape index (κ2) is 7.67. The van der Waals surface area contributed by atoms with Crippen molar-refractivity contribution in [2.75, 3.05) is 0 Å². The second-order valence-electron chi connectivity index (χ2n) is 8.23. The summed E-state index contributed by atoms with van der Waals surface area (Å²) in [7, 11) is 0. The van der Waals surface area contributed by atoms with Gasteiger partial charge < -0.3 is 10.2 Å². The first kappa shape index (κ1) is 20.3. The molecule has 4 nitrogen and oxygen atoms in total. The number of hydrogen-bond acceptors (Lipinski definition) is 3. The van der Waals surface area contributed by atoms with Crippen LogP contribution in [0.2, 0.25) is 0 Å². The summed E-state index contributed by atoms with van der Waals surface area (Å²) in [6.07, 6.45) is 0.350. The smallest absolute Gasteiger partial charge is 0.254 e. The Morgan fingerprint density at radius 2 is 1.87 bits per heavy atom. The lowest BCUT2D eigenvalue weighted by molar-refractivity contribution is -0.116. The van der Waals surface area contributed by atoms with Crippen LogP contribution < -0.4 is 5.32 Å². The van der Waals surface area contributed by atoms with Crippen LogP contribution in [-0.4, -0.2) is 22.6 Å². The van der Waals surface area contributed by atoms with Crippen molar-refractivity contribution in [2.45, 2.75) is 45.8 Å². The summed E-state index contributed by atoms with van der Waals surface area (Å²) in [4.78, 5) is 27.3. The van der Waals surface area contributed by atoms with Crippen molar-refractivity contribution in [3.05, 3.63) is 76.5 Å². The van der Waals surface area contributed by atoms with Crippen LogP contribution in [0.25, 0.3) is 5.57 Å². The molecule has 0 aromatic heterocycles. The molecule has 0 spiro atoms. The molecule has 2 aromatic rings. The fourth-order valence-corrected chi connectivity index (χ4v) is 4.23. The van der Waals surface area contributed by atoms with E-state index in [4.69, 9.17) is 0 Å². The van der Waals surface area contributed by atoms with Crippen LogP contribution in [0.1, 0.15) is 49.9 Å².